The highest BCUT2D eigenvalue weighted by Gasteiger charge is 2.39. The monoisotopic (exact) mass is 499 g/mol. The van der Waals surface area contributed by atoms with Gasteiger partial charge in [-0.25, -0.2) is 0 Å². The Morgan fingerprint density at radius 1 is 0.857 bits per heavy atom. The third-order valence-electron chi connectivity index (χ3n) is 7.21. The van der Waals surface area contributed by atoms with Crippen LogP contribution in [0, 0.1) is 0 Å². The van der Waals surface area contributed by atoms with Gasteiger partial charge in [-0.2, -0.15) is 0 Å². The van der Waals surface area contributed by atoms with Crippen LogP contribution in [0.2, 0.25) is 10.0 Å². The first kappa shape index (κ1) is 22.2. The van der Waals surface area contributed by atoms with E-state index in [2.05, 4.69) is 41.7 Å². The maximum Gasteiger partial charge on any atom is 0.162 e. The summed E-state index contributed by atoms with van der Waals surface area (Å²) >= 11 is 12.7. The number of carbonyl (C=O) groups is 1. The normalized spacial score (nSPS) is 19.2. The van der Waals surface area contributed by atoms with E-state index in [4.69, 9.17) is 27.9 Å². The molecule has 2 unspecified atom stereocenters. The third-order valence-corrected chi connectivity index (χ3v) is 7.94. The number of allylic oxidation sites excluding steroid dienone is 2. The van der Waals surface area contributed by atoms with E-state index in [1.54, 1.807) is 7.11 Å². The number of carbonyl (C=O) groups excluding carboxylic acids is 1. The minimum atomic E-state index is -0.216. The zero-order valence-electron chi connectivity index (χ0n) is 19.1. The highest BCUT2D eigenvalue weighted by molar-refractivity contribution is 6.42. The van der Waals surface area contributed by atoms with Crippen molar-refractivity contribution in [3.63, 3.8) is 0 Å². The standard InChI is InChI=1S/C30H23Cl2NO2/c1-35-21-10-6-17(7-11-21)20-15-26-30(27(34)16-20)28(19-8-12-23(31)24(32)14-19)29-22-5-3-2-4-18(22)9-13-25(29)33-26/h2-14,20,28,33H,15-16H2,1H3. The number of methoxy groups -OCH3 is 1. The second-order valence-corrected chi connectivity index (χ2v) is 9.99. The largest absolute Gasteiger partial charge is 0.497 e. The van der Waals surface area contributed by atoms with Crippen LogP contribution >= 0.6 is 23.2 Å². The second-order valence-electron chi connectivity index (χ2n) is 9.17. The van der Waals surface area contributed by atoms with E-state index >= 15 is 0 Å². The number of ketones is 1. The number of benzene rings is 4. The van der Waals surface area contributed by atoms with E-state index in [-0.39, 0.29) is 17.6 Å². The smallest absolute Gasteiger partial charge is 0.162 e. The number of hydrogen-bond donors (Lipinski definition) is 1. The van der Waals surface area contributed by atoms with Gasteiger partial charge in [0.2, 0.25) is 0 Å². The highest BCUT2D eigenvalue weighted by Crippen LogP contribution is 2.50. The van der Waals surface area contributed by atoms with Gasteiger partial charge in [-0.3, -0.25) is 4.79 Å². The lowest BCUT2D eigenvalue weighted by molar-refractivity contribution is -0.116. The summed E-state index contributed by atoms with van der Waals surface area (Å²) < 4.78 is 5.31. The molecule has 4 aromatic rings. The fourth-order valence-electron chi connectivity index (χ4n) is 5.54. The van der Waals surface area contributed by atoms with Crippen molar-refractivity contribution in [2.75, 3.05) is 12.4 Å². The number of hydrogen-bond acceptors (Lipinski definition) is 3. The molecule has 0 spiro atoms. The van der Waals surface area contributed by atoms with Gasteiger partial charge in [-0.05, 0) is 70.1 Å². The number of ether oxygens (including phenoxy) is 1. The second kappa shape index (κ2) is 8.75. The molecule has 2 aliphatic rings. The van der Waals surface area contributed by atoms with E-state index in [1.165, 1.54) is 0 Å². The van der Waals surface area contributed by atoms with E-state index in [9.17, 15) is 4.79 Å². The zero-order chi connectivity index (χ0) is 24.1. The molecular weight excluding hydrogens is 477 g/mol. The molecule has 0 aromatic heterocycles. The molecule has 1 N–H and O–H groups in total. The predicted octanol–water partition coefficient (Wildman–Crippen LogP) is 8.11. The summed E-state index contributed by atoms with van der Waals surface area (Å²) in [4.78, 5) is 13.8. The summed E-state index contributed by atoms with van der Waals surface area (Å²) in [5.74, 6) is 0.865. The lowest BCUT2D eigenvalue weighted by Crippen LogP contribution is -2.30. The maximum absolute atomic E-state index is 13.8. The van der Waals surface area contributed by atoms with Crippen LogP contribution in [-0.4, -0.2) is 12.9 Å². The molecule has 1 aliphatic heterocycles. The molecule has 35 heavy (non-hydrogen) atoms. The highest BCUT2D eigenvalue weighted by atomic mass is 35.5. The topological polar surface area (TPSA) is 38.3 Å². The molecule has 1 heterocycles. The van der Waals surface area contributed by atoms with Gasteiger partial charge in [0, 0.05) is 29.3 Å². The minimum Gasteiger partial charge on any atom is -0.497 e. The van der Waals surface area contributed by atoms with Crippen molar-refractivity contribution in [3.8, 4) is 5.75 Å². The van der Waals surface area contributed by atoms with Crippen molar-refractivity contribution in [2.24, 2.45) is 0 Å². The van der Waals surface area contributed by atoms with Crippen molar-refractivity contribution in [3.05, 3.63) is 117 Å². The van der Waals surface area contributed by atoms with Gasteiger partial charge >= 0.3 is 0 Å². The lowest BCUT2D eigenvalue weighted by atomic mass is 9.71. The first-order valence-electron chi connectivity index (χ1n) is 11.7. The first-order chi connectivity index (χ1) is 17.0. The molecule has 1 aliphatic carbocycles. The maximum atomic E-state index is 13.8. The van der Waals surface area contributed by atoms with Crippen LogP contribution in [0.5, 0.6) is 5.75 Å². The molecule has 0 saturated carbocycles. The van der Waals surface area contributed by atoms with Gasteiger partial charge in [0.25, 0.3) is 0 Å². The van der Waals surface area contributed by atoms with Crippen molar-refractivity contribution < 1.29 is 9.53 Å². The number of rotatable bonds is 3. The van der Waals surface area contributed by atoms with Gasteiger partial charge in [0.05, 0.1) is 17.2 Å². The molecule has 174 valence electrons. The van der Waals surface area contributed by atoms with Crippen molar-refractivity contribution in [1.29, 1.82) is 0 Å². The molecule has 0 amide bonds. The van der Waals surface area contributed by atoms with Gasteiger partial charge < -0.3 is 10.1 Å². The summed E-state index contributed by atoms with van der Waals surface area (Å²) in [6.07, 6.45) is 1.22. The Labute approximate surface area is 214 Å². The Morgan fingerprint density at radius 3 is 2.40 bits per heavy atom. The Morgan fingerprint density at radius 2 is 1.63 bits per heavy atom. The van der Waals surface area contributed by atoms with Crippen LogP contribution in [0.1, 0.15) is 41.4 Å². The Kier molecular flexibility index (Phi) is 5.55. The lowest BCUT2D eigenvalue weighted by Gasteiger charge is -2.37. The first-order valence-corrected chi connectivity index (χ1v) is 12.4. The average Bonchev–Trinajstić information content (AvgIpc) is 2.89. The van der Waals surface area contributed by atoms with E-state index < -0.39 is 0 Å². The van der Waals surface area contributed by atoms with Gasteiger partial charge in [-0.15, -0.1) is 0 Å². The Bertz CT molecular complexity index is 1510. The van der Waals surface area contributed by atoms with Crippen LogP contribution in [0.15, 0.2) is 90.1 Å². The van der Waals surface area contributed by atoms with E-state index in [0.29, 0.717) is 16.5 Å². The van der Waals surface area contributed by atoms with E-state index in [0.717, 1.165) is 56.6 Å². The fraction of sp³-hybridized carbons (Fsp3) is 0.167. The van der Waals surface area contributed by atoms with E-state index in [1.807, 2.05) is 42.5 Å². The minimum absolute atomic E-state index is 0.108. The van der Waals surface area contributed by atoms with Gasteiger partial charge in [0.15, 0.2) is 5.78 Å². The number of Topliss-reactive ketones (excluding diaryl/α,β-unsaturated/α-hetero) is 1. The molecule has 0 radical (unpaired) electrons. The molecule has 3 nitrogen and oxygen atoms in total. The molecule has 0 saturated heterocycles. The molecule has 0 bridgehead atoms. The van der Waals surface area contributed by atoms with Crippen LogP contribution in [-0.2, 0) is 4.79 Å². The Balaban J connectivity index is 1.52. The quantitative estimate of drug-likeness (QED) is 0.309. The number of nitrogens with one attached hydrogen (secondary N) is 1. The van der Waals surface area contributed by atoms with Crippen molar-refractivity contribution >= 4 is 45.4 Å². The number of fused-ring (bicyclic) bond motifs is 3. The van der Waals surface area contributed by atoms with Crippen LogP contribution in [0.4, 0.5) is 5.69 Å². The SMILES string of the molecule is COc1ccc(C2CC(=O)C3=C(C2)Nc2ccc4ccccc4c2C3c2ccc(Cl)c(Cl)c2)cc1. The molecule has 5 heteroatoms. The van der Waals surface area contributed by atoms with Crippen LogP contribution in [0.25, 0.3) is 10.8 Å². The zero-order valence-corrected chi connectivity index (χ0v) is 20.7. The predicted molar refractivity (Wildman–Crippen MR) is 143 cm³/mol. The van der Waals surface area contributed by atoms with Crippen molar-refractivity contribution in [1.82, 2.24) is 0 Å². The average molecular weight is 500 g/mol. The molecule has 2 atom stereocenters. The number of halogens is 2. The third kappa shape index (κ3) is 3.80. The summed E-state index contributed by atoms with van der Waals surface area (Å²) in [7, 11) is 1.66. The summed E-state index contributed by atoms with van der Waals surface area (Å²) in [6.45, 7) is 0. The molecule has 6 rings (SSSR count). The summed E-state index contributed by atoms with van der Waals surface area (Å²) in [5.41, 5.74) is 6.07. The van der Waals surface area contributed by atoms with Crippen LogP contribution in [0.3, 0.4) is 0 Å². The Hall–Kier alpha value is -3.27. The molecular formula is C30H23Cl2NO2. The summed E-state index contributed by atoms with van der Waals surface area (Å²) in [6, 6.07) is 26.3. The van der Waals surface area contributed by atoms with Gasteiger partial charge in [0.1, 0.15) is 5.75 Å². The van der Waals surface area contributed by atoms with Crippen molar-refractivity contribution in [2.45, 2.75) is 24.7 Å². The fourth-order valence-corrected chi connectivity index (χ4v) is 5.85. The van der Waals surface area contributed by atoms with Gasteiger partial charge in [-0.1, -0.05) is 71.7 Å². The number of anilines is 1. The molecule has 0 fully saturated rings. The summed E-state index contributed by atoms with van der Waals surface area (Å²) in [5, 5.41) is 6.91. The van der Waals surface area contributed by atoms with Crippen LogP contribution < -0.4 is 10.1 Å². The molecule has 4 aromatic carbocycles.